The molecule has 1 heterocycles. The van der Waals surface area contributed by atoms with Crippen molar-refractivity contribution in [3.8, 4) is 0 Å². The molecule has 5 heteroatoms. The van der Waals surface area contributed by atoms with Crippen LogP contribution in [-0.2, 0) is 14.3 Å². The molecule has 0 N–H and O–H groups in total. The Bertz CT molecular complexity index is 488. The zero-order chi connectivity index (χ0) is 14.8. The number of carbonyl (C=O) groups is 1. The van der Waals surface area contributed by atoms with Crippen LogP contribution in [0.3, 0.4) is 0 Å². The Labute approximate surface area is 142 Å². The first-order valence-electron chi connectivity index (χ1n) is 7.68. The van der Waals surface area contributed by atoms with E-state index in [2.05, 4.69) is 31.9 Å². The first kappa shape index (κ1) is 15.6. The van der Waals surface area contributed by atoms with Gasteiger partial charge in [0.1, 0.15) is 11.5 Å². The highest BCUT2D eigenvalue weighted by Gasteiger charge is 2.32. The molecule has 116 valence electrons. The second-order valence-corrected chi connectivity index (χ2v) is 8.20. The molecule has 0 spiro atoms. The molecule has 21 heavy (non-hydrogen) atoms. The highest BCUT2D eigenvalue weighted by molar-refractivity contribution is 9.11. The van der Waals surface area contributed by atoms with Gasteiger partial charge in [0.05, 0.1) is 13.2 Å². The van der Waals surface area contributed by atoms with E-state index in [1.165, 1.54) is 0 Å². The molecule has 3 rings (SSSR count). The maximum absolute atomic E-state index is 12.8. The summed E-state index contributed by atoms with van der Waals surface area (Å²) in [5.74, 6) is 2.25. The van der Waals surface area contributed by atoms with E-state index in [1.54, 1.807) is 0 Å². The van der Waals surface area contributed by atoms with Crippen molar-refractivity contribution in [2.24, 2.45) is 5.92 Å². The number of Topliss-reactive ketones (excluding diaryl/α,β-unsaturated/α-hetero) is 1. The van der Waals surface area contributed by atoms with Crippen molar-refractivity contribution in [2.45, 2.75) is 49.8 Å². The number of ketones is 1. The number of halogens is 2. The second kappa shape index (κ2) is 6.86. The number of ether oxygens (including phenoxy) is 2. The second-order valence-electron chi connectivity index (χ2n) is 5.95. The minimum Gasteiger partial charge on any atom is -0.494 e. The summed E-state index contributed by atoms with van der Waals surface area (Å²) in [4.78, 5) is 13.4. The van der Waals surface area contributed by atoms with Crippen LogP contribution in [0.2, 0.25) is 0 Å². The zero-order valence-corrected chi connectivity index (χ0v) is 15.2. The van der Waals surface area contributed by atoms with Crippen LogP contribution in [0.4, 0.5) is 0 Å². The summed E-state index contributed by atoms with van der Waals surface area (Å²) in [5, 5.41) is 0. The Balaban J connectivity index is 1.71. The predicted molar refractivity (Wildman–Crippen MR) is 88.4 cm³/mol. The summed E-state index contributed by atoms with van der Waals surface area (Å²) in [5.41, 5.74) is 0.900. The van der Waals surface area contributed by atoms with E-state index in [0.29, 0.717) is 36.7 Å². The first-order valence-corrected chi connectivity index (χ1v) is 9.39. The van der Waals surface area contributed by atoms with E-state index in [9.17, 15) is 4.79 Å². The SMILES string of the molecule is O=C(C1=C(Br)CC2=C(C1)OCCCO2)C1CCC(Br)CC1. The monoisotopic (exact) mass is 418 g/mol. The quantitative estimate of drug-likeness (QED) is 0.613. The molecule has 1 aliphatic heterocycles. The van der Waals surface area contributed by atoms with Gasteiger partial charge in [0.15, 0.2) is 5.78 Å². The number of hydrogen-bond donors (Lipinski definition) is 0. The molecule has 1 saturated carbocycles. The molecule has 0 aromatic heterocycles. The Morgan fingerprint density at radius 2 is 1.62 bits per heavy atom. The maximum Gasteiger partial charge on any atom is 0.163 e. The molecular weight excluding hydrogens is 400 g/mol. The van der Waals surface area contributed by atoms with Gasteiger partial charge in [-0.3, -0.25) is 4.79 Å². The fourth-order valence-corrected chi connectivity index (χ4v) is 4.32. The van der Waals surface area contributed by atoms with E-state index in [-0.39, 0.29) is 5.92 Å². The number of carbonyl (C=O) groups excluding carboxylic acids is 1. The van der Waals surface area contributed by atoms with Gasteiger partial charge in [0, 0.05) is 40.1 Å². The largest absolute Gasteiger partial charge is 0.494 e. The van der Waals surface area contributed by atoms with Gasteiger partial charge in [-0.1, -0.05) is 31.9 Å². The Morgan fingerprint density at radius 3 is 2.29 bits per heavy atom. The van der Waals surface area contributed by atoms with Crippen LogP contribution in [0, 0.1) is 5.92 Å². The van der Waals surface area contributed by atoms with Crippen LogP contribution in [-0.4, -0.2) is 23.8 Å². The van der Waals surface area contributed by atoms with Gasteiger partial charge >= 0.3 is 0 Å². The van der Waals surface area contributed by atoms with Crippen molar-refractivity contribution < 1.29 is 14.3 Å². The molecule has 0 unspecified atom stereocenters. The minimum absolute atomic E-state index is 0.176. The molecule has 1 fully saturated rings. The van der Waals surface area contributed by atoms with Gasteiger partial charge in [0.2, 0.25) is 0 Å². The number of hydrogen-bond acceptors (Lipinski definition) is 3. The normalized spacial score (nSPS) is 30.2. The Kier molecular flexibility index (Phi) is 5.10. The lowest BCUT2D eigenvalue weighted by atomic mass is 9.81. The van der Waals surface area contributed by atoms with Crippen LogP contribution in [0.25, 0.3) is 0 Å². The van der Waals surface area contributed by atoms with Gasteiger partial charge in [0.25, 0.3) is 0 Å². The molecule has 0 amide bonds. The average molecular weight is 420 g/mol. The van der Waals surface area contributed by atoms with E-state index in [1.807, 2.05) is 0 Å². The molecular formula is C16H20Br2O3. The summed E-state index contributed by atoms with van der Waals surface area (Å²) >= 11 is 7.25. The molecule has 0 atom stereocenters. The smallest absolute Gasteiger partial charge is 0.163 e. The average Bonchev–Trinajstić information content (AvgIpc) is 2.71. The third kappa shape index (κ3) is 3.55. The van der Waals surface area contributed by atoms with Crippen LogP contribution in [0.5, 0.6) is 0 Å². The fourth-order valence-electron chi connectivity index (χ4n) is 3.20. The predicted octanol–water partition coefficient (Wildman–Crippen LogP) is 4.60. The van der Waals surface area contributed by atoms with Gasteiger partial charge < -0.3 is 9.47 Å². The zero-order valence-electron chi connectivity index (χ0n) is 12.0. The summed E-state index contributed by atoms with van der Waals surface area (Å²) in [7, 11) is 0. The van der Waals surface area contributed by atoms with E-state index < -0.39 is 0 Å². The Morgan fingerprint density at radius 1 is 1.00 bits per heavy atom. The summed E-state index contributed by atoms with van der Waals surface area (Å²) in [6.07, 6.45) is 6.31. The molecule has 2 aliphatic carbocycles. The lowest BCUT2D eigenvalue weighted by Gasteiger charge is -2.27. The summed E-state index contributed by atoms with van der Waals surface area (Å²) in [6, 6.07) is 0. The van der Waals surface area contributed by atoms with Gasteiger partial charge in [-0.25, -0.2) is 0 Å². The number of rotatable bonds is 2. The molecule has 0 aromatic carbocycles. The number of alkyl halides is 1. The molecule has 0 aromatic rings. The van der Waals surface area contributed by atoms with Gasteiger partial charge in [-0.05, 0) is 25.7 Å². The van der Waals surface area contributed by atoms with Crippen LogP contribution in [0.1, 0.15) is 44.9 Å². The maximum atomic E-state index is 12.8. The lowest BCUT2D eigenvalue weighted by Crippen LogP contribution is -2.25. The molecule has 0 radical (unpaired) electrons. The van der Waals surface area contributed by atoms with Crippen molar-refractivity contribution in [3.63, 3.8) is 0 Å². The molecule has 3 nitrogen and oxygen atoms in total. The fraction of sp³-hybridized carbons (Fsp3) is 0.688. The molecule has 0 bridgehead atoms. The topological polar surface area (TPSA) is 35.5 Å². The first-order chi connectivity index (χ1) is 10.1. The lowest BCUT2D eigenvalue weighted by molar-refractivity contribution is -0.120. The third-order valence-electron chi connectivity index (χ3n) is 4.46. The van der Waals surface area contributed by atoms with E-state index >= 15 is 0 Å². The van der Waals surface area contributed by atoms with Crippen molar-refractivity contribution >= 4 is 37.6 Å². The van der Waals surface area contributed by atoms with Crippen LogP contribution >= 0.6 is 31.9 Å². The highest BCUT2D eigenvalue weighted by atomic mass is 79.9. The Hall–Kier alpha value is -0.290. The van der Waals surface area contributed by atoms with E-state index in [4.69, 9.17) is 9.47 Å². The highest BCUT2D eigenvalue weighted by Crippen LogP contribution is 2.39. The molecule has 3 aliphatic rings. The van der Waals surface area contributed by atoms with Gasteiger partial charge in [-0.2, -0.15) is 0 Å². The minimum atomic E-state index is 0.176. The van der Waals surface area contributed by atoms with Gasteiger partial charge in [-0.15, -0.1) is 0 Å². The third-order valence-corrected chi connectivity index (χ3v) is 6.13. The standard InChI is InChI=1S/C16H20Br2O3/c17-11-4-2-10(3-5-11)16(19)12-8-14-15(9-13(12)18)21-7-1-6-20-14/h10-11H,1-9H2. The van der Waals surface area contributed by atoms with Crippen molar-refractivity contribution in [1.82, 2.24) is 0 Å². The van der Waals surface area contributed by atoms with Crippen molar-refractivity contribution in [2.75, 3.05) is 13.2 Å². The summed E-state index contributed by atoms with van der Waals surface area (Å²) < 4.78 is 12.5. The summed E-state index contributed by atoms with van der Waals surface area (Å²) in [6.45, 7) is 1.39. The molecule has 0 saturated heterocycles. The van der Waals surface area contributed by atoms with Crippen molar-refractivity contribution in [3.05, 3.63) is 21.6 Å². The van der Waals surface area contributed by atoms with Crippen LogP contribution in [0.15, 0.2) is 21.6 Å². The number of allylic oxidation sites excluding steroid dienone is 2. The van der Waals surface area contributed by atoms with Crippen molar-refractivity contribution in [1.29, 1.82) is 0 Å². The van der Waals surface area contributed by atoms with E-state index in [0.717, 1.165) is 53.7 Å². The van der Waals surface area contributed by atoms with Crippen LogP contribution < -0.4 is 0 Å².